The Kier molecular flexibility index (Phi) is 6.06. The number of benzene rings is 2. The summed E-state index contributed by atoms with van der Waals surface area (Å²) in [5, 5.41) is 9.64. The molecular formula is C22H20Cl2N6O. The van der Waals surface area contributed by atoms with Crippen LogP contribution in [0.1, 0.15) is 22.6 Å². The van der Waals surface area contributed by atoms with E-state index in [0.29, 0.717) is 33.8 Å². The highest BCUT2D eigenvalue weighted by Crippen LogP contribution is 2.20. The number of rotatable bonds is 6. The zero-order valence-corrected chi connectivity index (χ0v) is 18.5. The van der Waals surface area contributed by atoms with Crippen LogP contribution in [0.2, 0.25) is 10.2 Å². The monoisotopic (exact) mass is 454 g/mol. The number of carbonyl (C=O) groups excluding carboxylic acids is 1. The molecule has 0 aliphatic rings. The maximum Gasteiger partial charge on any atom is 0.247 e. The number of amides is 1. The quantitative estimate of drug-likeness (QED) is 0.351. The van der Waals surface area contributed by atoms with Crippen LogP contribution in [-0.2, 0) is 24.8 Å². The van der Waals surface area contributed by atoms with Crippen LogP contribution in [0.25, 0.3) is 11.0 Å². The van der Waals surface area contributed by atoms with Gasteiger partial charge in [-0.25, -0.2) is 15.1 Å². The van der Waals surface area contributed by atoms with E-state index in [4.69, 9.17) is 23.2 Å². The van der Waals surface area contributed by atoms with E-state index in [2.05, 4.69) is 20.6 Å². The second kappa shape index (κ2) is 8.91. The SMILES string of the molecule is Cc1nn(Cc2ccc(Cl)cc2)c(Cl)c1/C=N\NC(=O)Cc1nc2ccccc2n1C. The summed E-state index contributed by atoms with van der Waals surface area (Å²) in [6.07, 6.45) is 1.63. The maximum absolute atomic E-state index is 12.3. The predicted molar refractivity (Wildman–Crippen MR) is 123 cm³/mol. The third-order valence-corrected chi connectivity index (χ3v) is 5.59. The fourth-order valence-corrected chi connectivity index (χ4v) is 3.70. The Hall–Kier alpha value is -3.16. The van der Waals surface area contributed by atoms with Crippen molar-refractivity contribution in [2.45, 2.75) is 19.9 Å². The minimum absolute atomic E-state index is 0.116. The molecular weight excluding hydrogens is 435 g/mol. The third-order valence-electron chi connectivity index (χ3n) is 4.94. The van der Waals surface area contributed by atoms with Crippen molar-refractivity contribution in [3.8, 4) is 0 Å². The molecule has 2 heterocycles. The lowest BCUT2D eigenvalue weighted by molar-refractivity contribution is -0.120. The molecule has 2 aromatic carbocycles. The number of halogens is 2. The summed E-state index contributed by atoms with van der Waals surface area (Å²) >= 11 is 12.4. The Bertz CT molecular complexity index is 1270. The molecule has 0 radical (unpaired) electrons. The summed E-state index contributed by atoms with van der Waals surface area (Å²) in [7, 11) is 1.89. The van der Waals surface area contributed by atoms with Crippen LogP contribution in [-0.4, -0.2) is 31.5 Å². The molecule has 0 aliphatic heterocycles. The normalized spacial score (nSPS) is 11.5. The molecule has 0 bridgehead atoms. The van der Waals surface area contributed by atoms with Crippen molar-refractivity contribution in [2.75, 3.05) is 0 Å². The first-order valence-electron chi connectivity index (χ1n) is 9.62. The van der Waals surface area contributed by atoms with Gasteiger partial charge in [0, 0.05) is 12.1 Å². The van der Waals surface area contributed by atoms with Gasteiger partial charge in [0.1, 0.15) is 11.0 Å². The zero-order chi connectivity index (χ0) is 22.0. The van der Waals surface area contributed by atoms with Crippen LogP contribution in [0.5, 0.6) is 0 Å². The Morgan fingerprint density at radius 2 is 1.90 bits per heavy atom. The fraction of sp³-hybridized carbons (Fsp3) is 0.182. The van der Waals surface area contributed by atoms with Gasteiger partial charge in [-0.3, -0.25) is 4.79 Å². The van der Waals surface area contributed by atoms with E-state index in [9.17, 15) is 4.79 Å². The van der Waals surface area contributed by atoms with Crippen LogP contribution < -0.4 is 5.43 Å². The van der Waals surface area contributed by atoms with E-state index in [0.717, 1.165) is 16.6 Å². The highest BCUT2D eigenvalue weighted by molar-refractivity contribution is 6.32. The number of imidazole rings is 1. The number of aromatic nitrogens is 4. The van der Waals surface area contributed by atoms with Crippen LogP contribution in [0, 0.1) is 6.92 Å². The summed E-state index contributed by atoms with van der Waals surface area (Å²) in [5.74, 6) is 0.399. The second-order valence-corrected chi connectivity index (χ2v) is 7.91. The van der Waals surface area contributed by atoms with E-state index in [1.165, 1.54) is 6.21 Å². The van der Waals surface area contributed by atoms with E-state index < -0.39 is 0 Å². The van der Waals surface area contributed by atoms with Crippen LogP contribution >= 0.6 is 23.2 Å². The summed E-state index contributed by atoms with van der Waals surface area (Å²) in [6, 6.07) is 15.2. The molecule has 7 nitrogen and oxygen atoms in total. The van der Waals surface area contributed by atoms with E-state index >= 15 is 0 Å². The molecule has 1 amide bonds. The smallest absolute Gasteiger partial charge is 0.247 e. The number of hydrazone groups is 1. The van der Waals surface area contributed by atoms with Gasteiger partial charge in [0.05, 0.1) is 41.5 Å². The standard InChI is InChI=1S/C22H20Cl2N6O/c1-14-17(22(24)30(28-14)13-15-7-9-16(23)10-8-15)12-25-27-21(31)11-20-26-18-5-3-4-6-19(18)29(20)2/h3-10,12H,11,13H2,1-2H3,(H,27,31)/b25-12-. The fourth-order valence-electron chi connectivity index (χ4n) is 3.29. The Morgan fingerprint density at radius 3 is 2.65 bits per heavy atom. The number of hydrogen-bond donors (Lipinski definition) is 1. The lowest BCUT2D eigenvalue weighted by Crippen LogP contribution is -2.21. The predicted octanol–water partition coefficient (Wildman–Crippen LogP) is 4.13. The van der Waals surface area contributed by atoms with Gasteiger partial charge in [-0.1, -0.05) is 47.5 Å². The van der Waals surface area contributed by atoms with Gasteiger partial charge >= 0.3 is 0 Å². The first-order valence-corrected chi connectivity index (χ1v) is 10.4. The van der Waals surface area contributed by atoms with Crippen LogP contribution in [0.3, 0.4) is 0 Å². The molecule has 9 heteroatoms. The minimum atomic E-state index is -0.267. The van der Waals surface area contributed by atoms with Crippen molar-refractivity contribution in [1.29, 1.82) is 0 Å². The summed E-state index contributed by atoms with van der Waals surface area (Å²) in [6.45, 7) is 2.34. The van der Waals surface area contributed by atoms with E-state index in [-0.39, 0.29) is 12.3 Å². The molecule has 0 saturated heterocycles. The Labute approximate surface area is 189 Å². The number of aryl methyl sites for hydroxylation is 2. The Balaban J connectivity index is 1.42. The van der Waals surface area contributed by atoms with Crippen molar-refractivity contribution >= 4 is 46.4 Å². The van der Waals surface area contributed by atoms with Gasteiger partial charge in [-0.2, -0.15) is 10.2 Å². The molecule has 0 unspecified atom stereocenters. The molecule has 1 N–H and O–H groups in total. The molecule has 0 spiro atoms. The number of nitrogens with zero attached hydrogens (tertiary/aromatic N) is 5. The molecule has 0 fully saturated rings. The molecule has 158 valence electrons. The average molecular weight is 455 g/mol. The molecule has 2 aromatic heterocycles. The molecule has 0 atom stereocenters. The minimum Gasteiger partial charge on any atom is -0.331 e. The van der Waals surface area contributed by atoms with Crippen molar-refractivity contribution in [3.63, 3.8) is 0 Å². The van der Waals surface area contributed by atoms with Crippen LogP contribution in [0.4, 0.5) is 0 Å². The van der Waals surface area contributed by atoms with Crippen molar-refractivity contribution < 1.29 is 4.79 Å². The lowest BCUT2D eigenvalue weighted by Gasteiger charge is -2.04. The Morgan fingerprint density at radius 1 is 1.16 bits per heavy atom. The van der Waals surface area contributed by atoms with Crippen molar-refractivity contribution in [1.82, 2.24) is 24.8 Å². The second-order valence-electron chi connectivity index (χ2n) is 7.12. The molecule has 0 saturated carbocycles. The topological polar surface area (TPSA) is 77.1 Å². The summed E-state index contributed by atoms with van der Waals surface area (Å²) in [5.41, 5.74) is 6.76. The summed E-state index contributed by atoms with van der Waals surface area (Å²) in [4.78, 5) is 16.8. The number of para-hydroxylation sites is 2. The third kappa shape index (κ3) is 4.62. The van der Waals surface area contributed by atoms with E-state index in [1.54, 1.807) is 4.68 Å². The van der Waals surface area contributed by atoms with Gasteiger partial charge in [0.15, 0.2) is 0 Å². The number of nitrogens with one attached hydrogen (secondary N) is 1. The molecule has 4 rings (SSSR count). The lowest BCUT2D eigenvalue weighted by atomic mass is 10.2. The van der Waals surface area contributed by atoms with Gasteiger partial charge in [0.25, 0.3) is 0 Å². The zero-order valence-electron chi connectivity index (χ0n) is 17.0. The van der Waals surface area contributed by atoms with Crippen molar-refractivity contribution in [2.24, 2.45) is 12.1 Å². The summed E-state index contributed by atoms with van der Waals surface area (Å²) < 4.78 is 3.59. The van der Waals surface area contributed by atoms with Gasteiger partial charge < -0.3 is 4.57 Å². The first-order chi connectivity index (χ1) is 14.9. The first kappa shape index (κ1) is 21.1. The van der Waals surface area contributed by atoms with Crippen LogP contribution in [0.15, 0.2) is 53.6 Å². The maximum atomic E-state index is 12.3. The largest absolute Gasteiger partial charge is 0.331 e. The molecule has 4 aromatic rings. The number of hydrogen-bond acceptors (Lipinski definition) is 4. The highest BCUT2D eigenvalue weighted by Gasteiger charge is 2.13. The van der Waals surface area contributed by atoms with Crippen molar-refractivity contribution in [3.05, 3.63) is 81.4 Å². The molecule has 31 heavy (non-hydrogen) atoms. The highest BCUT2D eigenvalue weighted by atomic mass is 35.5. The van der Waals surface area contributed by atoms with Gasteiger partial charge in [-0.15, -0.1) is 0 Å². The van der Waals surface area contributed by atoms with Gasteiger partial charge in [-0.05, 0) is 36.8 Å². The average Bonchev–Trinajstić information content (AvgIpc) is 3.20. The number of carbonyl (C=O) groups is 1. The van der Waals surface area contributed by atoms with Gasteiger partial charge in [0.2, 0.25) is 5.91 Å². The molecule has 0 aliphatic carbocycles. The number of fused-ring (bicyclic) bond motifs is 1. The van der Waals surface area contributed by atoms with E-state index in [1.807, 2.05) is 67.1 Å².